The normalized spacial score (nSPS) is 10.3. The number of pyridine rings is 1. The highest BCUT2D eigenvalue weighted by Gasteiger charge is 2.06. The molecule has 2 aromatic rings. The van der Waals surface area contributed by atoms with Gasteiger partial charge in [0, 0.05) is 5.39 Å². The van der Waals surface area contributed by atoms with Crippen molar-refractivity contribution in [3.8, 4) is 0 Å². The molecule has 0 unspecified atom stereocenters. The fourth-order valence-corrected chi connectivity index (χ4v) is 1.48. The predicted octanol–water partition coefficient (Wildman–Crippen LogP) is 0.207. The third kappa shape index (κ3) is 2.17. The molecule has 1 heterocycles. The smallest absolute Gasteiger partial charge is 0.270 e. The Labute approximate surface area is 93.5 Å². The van der Waals surface area contributed by atoms with Gasteiger partial charge in [-0.2, -0.15) is 0 Å². The number of nitrogens with zero attached hydrogens (tertiary/aromatic N) is 1. The molecule has 4 heteroatoms. The van der Waals surface area contributed by atoms with Gasteiger partial charge in [0.1, 0.15) is 5.69 Å². The van der Waals surface area contributed by atoms with Crippen LogP contribution in [-0.4, -0.2) is 24.0 Å². The lowest BCUT2D eigenvalue weighted by molar-refractivity contribution is -0.364. The van der Waals surface area contributed by atoms with Gasteiger partial charge < -0.3 is 11.1 Å². The molecule has 0 aliphatic carbocycles. The van der Waals surface area contributed by atoms with E-state index in [-0.39, 0.29) is 5.91 Å². The fourth-order valence-electron chi connectivity index (χ4n) is 1.48. The fraction of sp³-hybridized carbons (Fsp3) is 0.167. The zero-order valence-corrected chi connectivity index (χ0v) is 8.94. The van der Waals surface area contributed by atoms with E-state index >= 15 is 0 Å². The second-order valence-corrected chi connectivity index (χ2v) is 3.50. The van der Waals surface area contributed by atoms with E-state index < -0.39 is 0 Å². The molecule has 82 valence electrons. The first-order valence-electron chi connectivity index (χ1n) is 5.24. The molecule has 0 radical (unpaired) electrons. The van der Waals surface area contributed by atoms with Gasteiger partial charge >= 0.3 is 0 Å². The highest BCUT2D eigenvalue weighted by molar-refractivity contribution is 5.94. The molecule has 0 fully saturated rings. The summed E-state index contributed by atoms with van der Waals surface area (Å²) in [4.78, 5) is 15.9. The Morgan fingerprint density at radius 1 is 1.25 bits per heavy atom. The SMILES string of the molecule is [NH3+]CCNC(=O)c1ccc2ccccc2n1. The molecule has 16 heavy (non-hydrogen) atoms. The Hall–Kier alpha value is -1.94. The standard InChI is InChI=1S/C12H13N3O/c13-7-8-14-12(16)11-6-5-9-3-1-2-4-10(9)15-11/h1-6H,7-8,13H2,(H,14,16)/p+1. The molecule has 1 amide bonds. The third-order valence-electron chi connectivity index (χ3n) is 2.29. The first kappa shape index (κ1) is 10.6. The van der Waals surface area contributed by atoms with Crippen molar-refractivity contribution in [3.05, 3.63) is 42.1 Å². The maximum Gasteiger partial charge on any atom is 0.270 e. The highest BCUT2D eigenvalue weighted by Crippen LogP contribution is 2.11. The van der Waals surface area contributed by atoms with Gasteiger partial charge in [0.25, 0.3) is 5.91 Å². The Morgan fingerprint density at radius 3 is 2.88 bits per heavy atom. The Bertz CT molecular complexity index is 510. The second kappa shape index (κ2) is 4.72. The van der Waals surface area contributed by atoms with Gasteiger partial charge in [0.2, 0.25) is 0 Å². The van der Waals surface area contributed by atoms with Crippen LogP contribution in [0.1, 0.15) is 10.5 Å². The molecule has 1 aromatic heterocycles. The summed E-state index contributed by atoms with van der Waals surface area (Å²) in [6.07, 6.45) is 0. The number of para-hydroxylation sites is 1. The van der Waals surface area contributed by atoms with Crippen molar-refractivity contribution in [1.29, 1.82) is 0 Å². The van der Waals surface area contributed by atoms with Crippen molar-refractivity contribution in [2.24, 2.45) is 0 Å². The van der Waals surface area contributed by atoms with Crippen molar-refractivity contribution >= 4 is 16.8 Å². The van der Waals surface area contributed by atoms with Crippen molar-refractivity contribution < 1.29 is 10.5 Å². The summed E-state index contributed by atoms with van der Waals surface area (Å²) in [6, 6.07) is 11.4. The van der Waals surface area contributed by atoms with Crippen molar-refractivity contribution in [2.45, 2.75) is 0 Å². The minimum Gasteiger partial charge on any atom is -0.356 e. The van der Waals surface area contributed by atoms with Gasteiger partial charge in [-0.05, 0) is 12.1 Å². The average Bonchev–Trinajstić information content (AvgIpc) is 2.35. The molecule has 0 bridgehead atoms. The van der Waals surface area contributed by atoms with E-state index in [2.05, 4.69) is 16.0 Å². The number of quaternary nitrogens is 1. The Morgan fingerprint density at radius 2 is 2.06 bits per heavy atom. The summed E-state index contributed by atoms with van der Waals surface area (Å²) in [5.41, 5.74) is 4.95. The first-order valence-corrected chi connectivity index (χ1v) is 5.24. The lowest BCUT2D eigenvalue weighted by Gasteiger charge is -2.03. The van der Waals surface area contributed by atoms with E-state index in [0.29, 0.717) is 18.8 Å². The number of amides is 1. The molecule has 1 aromatic carbocycles. The van der Waals surface area contributed by atoms with E-state index in [1.54, 1.807) is 6.07 Å². The van der Waals surface area contributed by atoms with Crippen molar-refractivity contribution in [2.75, 3.05) is 13.1 Å². The van der Waals surface area contributed by atoms with Crippen LogP contribution in [0.2, 0.25) is 0 Å². The lowest BCUT2D eigenvalue weighted by atomic mass is 10.2. The Balaban J connectivity index is 2.28. The maximum absolute atomic E-state index is 11.6. The van der Waals surface area contributed by atoms with Gasteiger partial charge in [0.05, 0.1) is 18.6 Å². The molecular weight excluding hydrogens is 202 g/mol. The summed E-state index contributed by atoms with van der Waals surface area (Å²) in [5.74, 6) is -0.144. The summed E-state index contributed by atoms with van der Waals surface area (Å²) >= 11 is 0. The van der Waals surface area contributed by atoms with Crippen LogP contribution in [0, 0.1) is 0 Å². The highest BCUT2D eigenvalue weighted by atomic mass is 16.1. The number of hydrogen-bond acceptors (Lipinski definition) is 2. The number of hydrogen-bond donors (Lipinski definition) is 2. The van der Waals surface area contributed by atoms with Crippen LogP contribution in [-0.2, 0) is 0 Å². The summed E-state index contributed by atoms with van der Waals surface area (Å²) in [7, 11) is 0. The zero-order valence-electron chi connectivity index (χ0n) is 8.94. The monoisotopic (exact) mass is 216 g/mol. The molecule has 0 saturated carbocycles. The predicted molar refractivity (Wildman–Crippen MR) is 61.8 cm³/mol. The molecule has 4 nitrogen and oxygen atoms in total. The number of rotatable bonds is 3. The Kier molecular flexibility index (Phi) is 3.12. The van der Waals surface area contributed by atoms with E-state index in [1.807, 2.05) is 30.3 Å². The molecule has 0 saturated heterocycles. The molecule has 2 rings (SSSR count). The molecular formula is C12H14N3O+. The number of nitrogens with one attached hydrogen (secondary N) is 1. The van der Waals surface area contributed by atoms with E-state index in [0.717, 1.165) is 10.9 Å². The van der Waals surface area contributed by atoms with E-state index in [9.17, 15) is 4.79 Å². The molecule has 4 N–H and O–H groups in total. The summed E-state index contributed by atoms with van der Waals surface area (Å²) < 4.78 is 0. The summed E-state index contributed by atoms with van der Waals surface area (Å²) in [6.45, 7) is 1.26. The van der Waals surface area contributed by atoms with Gasteiger partial charge in [-0.15, -0.1) is 0 Å². The lowest BCUT2D eigenvalue weighted by Crippen LogP contribution is -2.54. The number of aromatic nitrogens is 1. The maximum atomic E-state index is 11.6. The van der Waals surface area contributed by atoms with Crippen LogP contribution in [0.3, 0.4) is 0 Å². The van der Waals surface area contributed by atoms with Gasteiger partial charge in [-0.1, -0.05) is 24.3 Å². The average molecular weight is 216 g/mol. The number of carbonyl (C=O) groups is 1. The quantitative estimate of drug-likeness (QED) is 0.769. The molecule has 0 atom stereocenters. The largest absolute Gasteiger partial charge is 0.356 e. The van der Waals surface area contributed by atoms with Crippen LogP contribution < -0.4 is 11.1 Å². The van der Waals surface area contributed by atoms with Crippen LogP contribution in [0.4, 0.5) is 0 Å². The van der Waals surface area contributed by atoms with E-state index in [1.165, 1.54) is 0 Å². The van der Waals surface area contributed by atoms with E-state index in [4.69, 9.17) is 0 Å². The van der Waals surface area contributed by atoms with Crippen LogP contribution in [0.25, 0.3) is 10.9 Å². The van der Waals surface area contributed by atoms with Crippen molar-refractivity contribution in [1.82, 2.24) is 10.3 Å². The van der Waals surface area contributed by atoms with Crippen molar-refractivity contribution in [3.63, 3.8) is 0 Å². The number of fused-ring (bicyclic) bond motifs is 1. The zero-order chi connectivity index (χ0) is 11.4. The summed E-state index contributed by atoms with van der Waals surface area (Å²) in [5, 5.41) is 3.79. The van der Waals surface area contributed by atoms with Crippen LogP contribution >= 0.6 is 0 Å². The second-order valence-electron chi connectivity index (χ2n) is 3.50. The van der Waals surface area contributed by atoms with Gasteiger partial charge in [-0.25, -0.2) is 4.98 Å². The minimum absolute atomic E-state index is 0.144. The van der Waals surface area contributed by atoms with Crippen LogP contribution in [0.15, 0.2) is 36.4 Å². The molecule has 0 aliphatic heterocycles. The van der Waals surface area contributed by atoms with Gasteiger partial charge in [-0.3, -0.25) is 4.79 Å². The first-order chi connectivity index (χ1) is 7.81. The minimum atomic E-state index is -0.144. The van der Waals surface area contributed by atoms with Crippen LogP contribution in [0.5, 0.6) is 0 Å². The van der Waals surface area contributed by atoms with Gasteiger partial charge in [0.15, 0.2) is 0 Å². The number of carbonyl (C=O) groups excluding carboxylic acids is 1. The molecule has 0 spiro atoms. The molecule has 0 aliphatic rings. The number of benzene rings is 1. The third-order valence-corrected chi connectivity index (χ3v) is 2.29. The topological polar surface area (TPSA) is 69.6 Å².